The Morgan fingerprint density at radius 1 is 1.60 bits per heavy atom. The fourth-order valence-electron chi connectivity index (χ4n) is 1.55. The van der Waals surface area contributed by atoms with Crippen LogP contribution in [0.4, 0.5) is 0 Å². The summed E-state index contributed by atoms with van der Waals surface area (Å²) in [4.78, 5) is 14.9. The molecule has 0 aromatic carbocycles. The van der Waals surface area contributed by atoms with E-state index in [4.69, 9.17) is 0 Å². The summed E-state index contributed by atoms with van der Waals surface area (Å²) in [7, 11) is 0. The minimum Gasteiger partial charge on any atom is -0.334 e. The molecular weight excluding hydrogens is 321 g/mol. The molecule has 0 aliphatic carbocycles. The van der Waals surface area contributed by atoms with Gasteiger partial charge in [0, 0.05) is 16.7 Å². The molecule has 2 heterocycles. The predicted molar refractivity (Wildman–Crippen MR) is 71.3 cm³/mol. The molecule has 0 atom stereocenters. The average Bonchev–Trinajstić information content (AvgIpc) is 2.65. The van der Waals surface area contributed by atoms with Gasteiger partial charge in [0.15, 0.2) is 0 Å². The number of carbonyl (C=O) groups excluding carboxylic acids is 1. The molecule has 0 spiro atoms. The first-order valence-corrected chi connectivity index (χ1v) is 6.82. The van der Waals surface area contributed by atoms with E-state index in [2.05, 4.69) is 35.6 Å². The third-order valence-corrected chi connectivity index (χ3v) is 4.70. The van der Waals surface area contributed by atoms with Crippen LogP contribution in [-0.2, 0) is 0 Å². The summed E-state index contributed by atoms with van der Waals surface area (Å²) >= 11 is 3.75. The Morgan fingerprint density at radius 3 is 2.93 bits per heavy atom. The van der Waals surface area contributed by atoms with E-state index in [-0.39, 0.29) is 5.91 Å². The lowest BCUT2D eigenvalue weighted by Crippen LogP contribution is -2.34. The molecule has 2 rings (SSSR count). The van der Waals surface area contributed by atoms with E-state index in [9.17, 15) is 4.79 Å². The molecule has 1 aliphatic heterocycles. The van der Waals surface area contributed by atoms with E-state index in [1.165, 1.54) is 16.9 Å². The Labute approximate surface area is 107 Å². The standard InChI is InChI=1S/C11H12INOS/c1-8-2-5-13(6-3-8)11(14)10-9(12)4-7-15-10/h2,4,7H,3,5-6H2,1H3. The minimum atomic E-state index is 0.179. The maximum Gasteiger partial charge on any atom is 0.265 e. The summed E-state index contributed by atoms with van der Waals surface area (Å²) in [5.74, 6) is 0.179. The number of hydrogen-bond acceptors (Lipinski definition) is 2. The first kappa shape index (κ1) is 11.1. The van der Waals surface area contributed by atoms with Crippen molar-refractivity contribution in [1.82, 2.24) is 4.90 Å². The Balaban J connectivity index is 2.13. The molecule has 0 fully saturated rings. The van der Waals surface area contributed by atoms with Crippen molar-refractivity contribution in [3.63, 3.8) is 0 Å². The monoisotopic (exact) mass is 333 g/mol. The Bertz CT molecular complexity index is 410. The molecule has 4 heteroatoms. The molecule has 1 aromatic rings. The molecule has 2 nitrogen and oxygen atoms in total. The van der Waals surface area contributed by atoms with Gasteiger partial charge in [0.1, 0.15) is 4.88 Å². The average molecular weight is 333 g/mol. The van der Waals surface area contributed by atoms with Crippen LogP contribution >= 0.6 is 33.9 Å². The van der Waals surface area contributed by atoms with Crippen LogP contribution in [-0.4, -0.2) is 23.9 Å². The van der Waals surface area contributed by atoms with Gasteiger partial charge >= 0.3 is 0 Å². The van der Waals surface area contributed by atoms with Gasteiger partial charge < -0.3 is 4.90 Å². The van der Waals surface area contributed by atoms with Crippen molar-refractivity contribution < 1.29 is 4.79 Å². The highest BCUT2D eigenvalue weighted by molar-refractivity contribution is 14.1. The van der Waals surface area contributed by atoms with Gasteiger partial charge in [0.25, 0.3) is 5.91 Å². The number of nitrogens with zero attached hydrogens (tertiary/aromatic N) is 1. The topological polar surface area (TPSA) is 20.3 Å². The number of halogens is 1. The summed E-state index contributed by atoms with van der Waals surface area (Å²) < 4.78 is 1.06. The van der Waals surface area contributed by atoms with Crippen LogP contribution < -0.4 is 0 Å². The number of carbonyl (C=O) groups is 1. The summed E-state index contributed by atoms with van der Waals surface area (Å²) in [6, 6.07) is 1.99. The zero-order chi connectivity index (χ0) is 10.8. The van der Waals surface area contributed by atoms with Gasteiger partial charge in [-0.25, -0.2) is 0 Å². The Morgan fingerprint density at radius 2 is 2.40 bits per heavy atom. The molecule has 0 unspecified atom stereocenters. The van der Waals surface area contributed by atoms with Crippen molar-refractivity contribution in [1.29, 1.82) is 0 Å². The molecule has 0 N–H and O–H groups in total. The van der Waals surface area contributed by atoms with Crippen LogP contribution in [0.2, 0.25) is 0 Å². The number of rotatable bonds is 1. The van der Waals surface area contributed by atoms with Gasteiger partial charge in [-0.1, -0.05) is 11.6 Å². The largest absolute Gasteiger partial charge is 0.334 e. The highest BCUT2D eigenvalue weighted by atomic mass is 127. The summed E-state index contributed by atoms with van der Waals surface area (Å²) in [6.45, 7) is 3.74. The molecule has 0 saturated carbocycles. The molecule has 80 valence electrons. The molecule has 0 saturated heterocycles. The zero-order valence-corrected chi connectivity index (χ0v) is 11.5. The molecule has 0 bridgehead atoms. The van der Waals surface area contributed by atoms with E-state index in [0.29, 0.717) is 0 Å². The van der Waals surface area contributed by atoms with Gasteiger partial charge in [-0.3, -0.25) is 4.79 Å². The second kappa shape index (κ2) is 4.65. The predicted octanol–water partition coefficient (Wildman–Crippen LogP) is 3.14. The molecule has 1 aromatic heterocycles. The van der Waals surface area contributed by atoms with Crippen molar-refractivity contribution in [2.24, 2.45) is 0 Å². The van der Waals surface area contributed by atoms with Gasteiger partial charge in [-0.15, -0.1) is 11.3 Å². The molecule has 0 radical (unpaired) electrons. The number of amides is 1. The zero-order valence-electron chi connectivity index (χ0n) is 8.50. The van der Waals surface area contributed by atoms with Crippen molar-refractivity contribution >= 4 is 39.8 Å². The SMILES string of the molecule is CC1=CCN(C(=O)c2sccc2I)CC1. The van der Waals surface area contributed by atoms with Crippen LogP contribution in [0.25, 0.3) is 0 Å². The Hall–Kier alpha value is -0.360. The fraction of sp³-hybridized carbons (Fsp3) is 0.364. The van der Waals surface area contributed by atoms with Gasteiger partial charge in [0.05, 0.1) is 0 Å². The van der Waals surface area contributed by atoms with Crippen molar-refractivity contribution in [2.75, 3.05) is 13.1 Å². The van der Waals surface area contributed by atoms with Crippen LogP contribution in [0.15, 0.2) is 23.1 Å². The van der Waals surface area contributed by atoms with Crippen molar-refractivity contribution in [2.45, 2.75) is 13.3 Å². The Kier molecular flexibility index (Phi) is 3.45. The number of thiophene rings is 1. The van der Waals surface area contributed by atoms with Crippen molar-refractivity contribution in [3.05, 3.63) is 31.5 Å². The van der Waals surface area contributed by atoms with E-state index in [0.717, 1.165) is 28.0 Å². The first-order valence-electron chi connectivity index (χ1n) is 4.86. The van der Waals surface area contributed by atoms with E-state index in [1.54, 1.807) is 0 Å². The van der Waals surface area contributed by atoms with E-state index < -0.39 is 0 Å². The minimum absolute atomic E-state index is 0.179. The maximum absolute atomic E-state index is 12.1. The molecule has 1 amide bonds. The quantitative estimate of drug-likeness (QED) is 0.571. The molecule has 1 aliphatic rings. The summed E-state index contributed by atoms with van der Waals surface area (Å²) in [6.07, 6.45) is 3.15. The highest BCUT2D eigenvalue weighted by Gasteiger charge is 2.20. The maximum atomic E-state index is 12.1. The van der Waals surface area contributed by atoms with Crippen LogP contribution in [0.1, 0.15) is 23.0 Å². The first-order chi connectivity index (χ1) is 7.18. The summed E-state index contributed by atoms with van der Waals surface area (Å²) in [5, 5.41) is 1.97. The lowest BCUT2D eigenvalue weighted by atomic mass is 10.1. The van der Waals surface area contributed by atoms with Gasteiger partial charge in [-0.2, -0.15) is 0 Å². The fourth-order valence-corrected chi connectivity index (χ4v) is 3.33. The van der Waals surface area contributed by atoms with Gasteiger partial charge in [0.2, 0.25) is 0 Å². The second-order valence-corrected chi connectivity index (χ2v) is 5.73. The molecular formula is C11H12INOS. The summed E-state index contributed by atoms with van der Waals surface area (Å²) in [5.41, 5.74) is 1.39. The van der Waals surface area contributed by atoms with E-state index >= 15 is 0 Å². The third kappa shape index (κ3) is 2.42. The second-order valence-electron chi connectivity index (χ2n) is 3.65. The van der Waals surface area contributed by atoms with Gasteiger partial charge in [-0.05, 0) is 47.4 Å². The number of hydrogen-bond donors (Lipinski definition) is 0. The molecule has 15 heavy (non-hydrogen) atoms. The van der Waals surface area contributed by atoms with E-state index in [1.807, 2.05) is 16.3 Å². The smallest absolute Gasteiger partial charge is 0.265 e. The highest BCUT2D eigenvalue weighted by Crippen LogP contribution is 2.22. The van der Waals surface area contributed by atoms with Crippen molar-refractivity contribution in [3.8, 4) is 0 Å². The van der Waals surface area contributed by atoms with Crippen LogP contribution in [0.5, 0.6) is 0 Å². The lowest BCUT2D eigenvalue weighted by molar-refractivity contribution is 0.0773. The van der Waals surface area contributed by atoms with Crippen LogP contribution in [0, 0.1) is 3.57 Å². The normalized spacial score (nSPS) is 16.4. The van der Waals surface area contributed by atoms with Crippen LogP contribution in [0.3, 0.4) is 0 Å². The third-order valence-electron chi connectivity index (χ3n) is 2.53. The lowest BCUT2D eigenvalue weighted by Gasteiger charge is -2.25.